The summed E-state index contributed by atoms with van der Waals surface area (Å²) < 4.78 is 28.6. The van der Waals surface area contributed by atoms with Crippen LogP contribution in [0.3, 0.4) is 0 Å². The van der Waals surface area contributed by atoms with Gasteiger partial charge in [0.25, 0.3) is 6.43 Å². The lowest BCUT2D eigenvalue weighted by Gasteiger charge is -2.40. The van der Waals surface area contributed by atoms with Crippen LogP contribution in [-0.4, -0.2) is 46.1 Å². The number of allylic oxidation sites excluding steroid dienone is 2. The molecular weight excluding hydrogens is 350 g/mol. The summed E-state index contributed by atoms with van der Waals surface area (Å²) in [6, 6.07) is 0.992. The van der Waals surface area contributed by atoms with Gasteiger partial charge in [-0.2, -0.15) is 5.10 Å². The molecule has 1 saturated heterocycles. The molecule has 1 aromatic rings. The van der Waals surface area contributed by atoms with E-state index in [-0.39, 0.29) is 11.9 Å². The minimum absolute atomic E-state index is 0.0163. The largest absolute Gasteiger partial charge is 0.367 e. The highest BCUT2D eigenvalue weighted by Crippen LogP contribution is 2.37. The van der Waals surface area contributed by atoms with Crippen molar-refractivity contribution in [3.63, 3.8) is 0 Å². The van der Waals surface area contributed by atoms with Crippen LogP contribution in [-0.2, 0) is 4.79 Å². The molecule has 27 heavy (non-hydrogen) atoms. The van der Waals surface area contributed by atoms with E-state index in [0.29, 0.717) is 30.5 Å². The first kappa shape index (κ1) is 18.4. The van der Waals surface area contributed by atoms with Crippen molar-refractivity contribution in [1.82, 2.24) is 14.7 Å². The molecule has 3 aliphatic rings. The normalized spacial score (nSPS) is 28.4. The summed E-state index contributed by atoms with van der Waals surface area (Å²) in [5, 5.41) is 7.66. The van der Waals surface area contributed by atoms with Crippen molar-refractivity contribution in [2.75, 3.05) is 18.4 Å². The molecule has 1 fully saturated rings. The van der Waals surface area contributed by atoms with Crippen molar-refractivity contribution >= 4 is 11.7 Å². The number of rotatable bonds is 4. The number of halogens is 2. The maximum atomic E-state index is 13.6. The van der Waals surface area contributed by atoms with Crippen LogP contribution in [0.4, 0.5) is 14.6 Å². The number of anilines is 1. The lowest BCUT2D eigenvalue weighted by atomic mass is 9.84. The van der Waals surface area contributed by atoms with Crippen LogP contribution in [0.25, 0.3) is 0 Å². The van der Waals surface area contributed by atoms with Crippen molar-refractivity contribution < 1.29 is 13.6 Å². The maximum absolute atomic E-state index is 13.6. The van der Waals surface area contributed by atoms with Gasteiger partial charge in [-0.25, -0.2) is 13.5 Å². The van der Waals surface area contributed by atoms with Gasteiger partial charge in [0.1, 0.15) is 11.9 Å². The Labute approximate surface area is 158 Å². The summed E-state index contributed by atoms with van der Waals surface area (Å²) in [5.74, 6) is 1.64. The third-order valence-corrected chi connectivity index (χ3v) is 6.30. The fourth-order valence-electron chi connectivity index (χ4n) is 4.78. The molecule has 0 radical (unpaired) electrons. The molecule has 0 saturated carbocycles. The Balaban J connectivity index is 1.35. The SMILES string of the molecule is Cc1cc2n(n1)[C@@H](C(F)F)C[C@@H](C1CCN(C(=O)CC3C=CCC3)CC1)N2. The van der Waals surface area contributed by atoms with Gasteiger partial charge in [0.15, 0.2) is 0 Å². The number of carbonyl (C=O) groups excluding carboxylic acids is 1. The number of aryl methyl sites for hydroxylation is 1. The summed E-state index contributed by atoms with van der Waals surface area (Å²) >= 11 is 0. The first-order chi connectivity index (χ1) is 13.0. The zero-order valence-corrected chi connectivity index (χ0v) is 15.8. The van der Waals surface area contributed by atoms with Crippen LogP contribution >= 0.6 is 0 Å². The maximum Gasteiger partial charge on any atom is 0.260 e. The second-order valence-corrected chi connectivity index (χ2v) is 8.19. The van der Waals surface area contributed by atoms with E-state index >= 15 is 0 Å². The average Bonchev–Trinajstić information content (AvgIpc) is 3.29. The molecule has 0 aromatic carbocycles. The Bertz CT molecular complexity index is 709. The molecule has 1 aliphatic carbocycles. The predicted molar refractivity (Wildman–Crippen MR) is 99.8 cm³/mol. The highest BCUT2D eigenvalue weighted by Gasteiger charge is 2.38. The molecular formula is C20H28F2N4O. The smallest absolute Gasteiger partial charge is 0.260 e. The van der Waals surface area contributed by atoms with Crippen LogP contribution in [0, 0.1) is 18.8 Å². The van der Waals surface area contributed by atoms with Gasteiger partial charge in [-0.1, -0.05) is 12.2 Å². The zero-order valence-electron chi connectivity index (χ0n) is 15.8. The minimum Gasteiger partial charge on any atom is -0.367 e. The van der Waals surface area contributed by atoms with Crippen molar-refractivity contribution in [2.24, 2.45) is 11.8 Å². The van der Waals surface area contributed by atoms with Crippen LogP contribution in [0.2, 0.25) is 0 Å². The van der Waals surface area contributed by atoms with Gasteiger partial charge in [0.2, 0.25) is 5.91 Å². The first-order valence-corrected chi connectivity index (χ1v) is 10.1. The van der Waals surface area contributed by atoms with Crippen molar-refractivity contribution in [3.8, 4) is 0 Å². The Morgan fingerprint density at radius 1 is 1.33 bits per heavy atom. The Hall–Kier alpha value is -1.92. The van der Waals surface area contributed by atoms with E-state index in [1.54, 1.807) is 0 Å². The second-order valence-electron chi connectivity index (χ2n) is 8.19. The van der Waals surface area contributed by atoms with Gasteiger partial charge in [0.05, 0.1) is 5.69 Å². The van der Waals surface area contributed by atoms with Gasteiger partial charge in [-0.05, 0) is 50.9 Å². The first-order valence-electron chi connectivity index (χ1n) is 10.1. The van der Waals surface area contributed by atoms with E-state index in [4.69, 9.17) is 0 Å². The van der Waals surface area contributed by atoms with Crippen molar-refractivity contribution in [3.05, 3.63) is 23.9 Å². The lowest BCUT2D eigenvalue weighted by molar-refractivity contribution is -0.133. The van der Waals surface area contributed by atoms with E-state index in [0.717, 1.165) is 44.5 Å². The quantitative estimate of drug-likeness (QED) is 0.812. The molecule has 1 N–H and O–H groups in total. The molecule has 1 amide bonds. The summed E-state index contributed by atoms with van der Waals surface area (Å²) in [6.07, 6.45) is 6.78. The number of nitrogens with zero attached hydrogens (tertiary/aromatic N) is 3. The number of fused-ring (bicyclic) bond motifs is 1. The third kappa shape index (κ3) is 3.87. The highest BCUT2D eigenvalue weighted by atomic mass is 19.3. The van der Waals surface area contributed by atoms with Crippen molar-refractivity contribution in [2.45, 2.75) is 64.0 Å². The number of carbonyl (C=O) groups is 1. The Morgan fingerprint density at radius 3 is 2.78 bits per heavy atom. The molecule has 1 aromatic heterocycles. The molecule has 4 rings (SSSR count). The molecule has 3 atom stereocenters. The molecule has 0 bridgehead atoms. The van der Waals surface area contributed by atoms with Gasteiger partial charge in [0, 0.05) is 31.6 Å². The summed E-state index contributed by atoms with van der Waals surface area (Å²) in [4.78, 5) is 14.5. The summed E-state index contributed by atoms with van der Waals surface area (Å²) in [7, 11) is 0. The molecule has 3 heterocycles. The van der Waals surface area contributed by atoms with Gasteiger partial charge >= 0.3 is 0 Å². The van der Waals surface area contributed by atoms with Gasteiger partial charge < -0.3 is 10.2 Å². The Kier molecular flexibility index (Phi) is 5.19. The van der Waals surface area contributed by atoms with Crippen LogP contribution < -0.4 is 5.32 Å². The van der Waals surface area contributed by atoms with Crippen LogP contribution in [0.5, 0.6) is 0 Å². The van der Waals surface area contributed by atoms with E-state index in [1.165, 1.54) is 4.68 Å². The molecule has 0 spiro atoms. The number of nitrogens with one attached hydrogen (secondary N) is 1. The zero-order chi connectivity index (χ0) is 19.0. The van der Waals surface area contributed by atoms with E-state index < -0.39 is 12.5 Å². The van der Waals surface area contributed by atoms with Crippen molar-refractivity contribution in [1.29, 1.82) is 0 Å². The topological polar surface area (TPSA) is 50.2 Å². The number of hydrogen-bond donors (Lipinski definition) is 1. The standard InChI is InChI=1S/C20H28F2N4O/c1-13-10-18-23-16(12-17(20(21)22)26(18)24-13)15-6-8-25(9-7-15)19(27)11-14-4-2-3-5-14/h2,4,10,14-17,20,23H,3,5-9,11-12H2,1H3/t14?,16-,17+/m0/s1. The number of piperidine rings is 1. The Morgan fingerprint density at radius 2 is 2.11 bits per heavy atom. The fraction of sp³-hybridized carbons (Fsp3) is 0.700. The van der Waals surface area contributed by atoms with Gasteiger partial charge in [-0.3, -0.25) is 4.79 Å². The van der Waals surface area contributed by atoms with Crippen LogP contribution in [0.15, 0.2) is 18.2 Å². The summed E-state index contributed by atoms with van der Waals surface area (Å²) in [6.45, 7) is 3.29. The highest BCUT2D eigenvalue weighted by molar-refractivity contribution is 5.76. The molecule has 2 aliphatic heterocycles. The van der Waals surface area contributed by atoms with E-state index in [9.17, 15) is 13.6 Å². The third-order valence-electron chi connectivity index (χ3n) is 6.30. The van der Waals surface area contributed by atoms with Gasteiger partial charge in [-0.15, -0.1) is 0 Å². The molecule has 148 valence electrons. The monoisotopic (exact) mass is 378 g/mol. The van der Waals surface area contributed by atoms with E-state index in [1.807, 2.05) is 17.9 Å². The van der Waals surface area contributed by atoms with E-state index in [2.05, 4.69) is 22.6 Å². The predicted octanol–water partition coefficient (Wildman–Crippen LogP) is 3.78. The number of alkyl halides is 2. The molecule has 1 unspecified atom stereocenters. The fourth-order valence-corrected chi connectivity index (χ4v) is 4.78. The number of amides is 1. The number of likely N-dealkylation sites (tertiary alicyclic amines) is 1. The molecule has 5 nitrogen and oxygen atoms in total. The lowest BCUT2D eigenvalue weighted by Crippen LogP contribution is -2.46. The second kappa shape index (κ2) is 7.60. The van der Waals surface area contributed by atoms with Crippen LogP contribution in [0.1, 0.15) is 50.3 Å². The number of aromatic nitrogens is 2. The average molecular weight is 378 g/mol. The summed E-state index contributed by atoms with van der Waals surface area (Å²) in [5.41, 5.74) is 0.755. The minimum atomic E-state index is -2.42. The molecule has 7 heteroatoms. The number of hydrogen-bond acceptors (Lipinski definition) is 3.